The van der Waals surface area contributed by atoms with Crippen LogP contribution in [0, 0.1) is 0 Å². The zero-order valence-electron chi connectivity index (χ0n) is 18.2. The highest BCUT2D eigenvalue weighted by Crippen LogP contribution is 2.21. The van der Waals surface area contributed by atoms with E-state index in [0.29, 0.717) is 5.92 Å². The van der Waals surface area contributed by atoms with Gasteiger partial charge in [0.15, 0.2) is 5.96 Å². The topological polar surface area (TPSA) is 67.1 Å². The van der Waals surface area contributed by atoms with Gasteiger partial charge in [-0.1, -0.05) is 60.7 Å². The minimum Gasteiger partial charge on any atom is -0.357 e. The summed E-state index contributed by atoms with van der Waals surface area (Å²) in [4.78, 5) is 4.90. The predicted molar refractivity (Wildman–Crippen MR) is 138 cm³/mol. The summed E-state index contributed by atoms with van der Waals surface area (Å²) in [5.74, 6) is 1.23. The van der Waals surface area contributed by atoms with Crippen molar-refractivity contribution in [2.45, 2.75) is 38.6 Å². The normalized spacial score (nSPS) is 12.1. The molecule has 1 atom stereocenters. The van der Waals surface area contributed by atoms with Crippen LogP contribution in [-0.4, -0.2) is 40.4 Å². The minimum atomic E-state index is 0. The molecule has 0 bridgehead atoms. The molecule has 3 aromatic rings. The first-order valence-corrected chi connectivity index (χ1v) is 10.8. The third-order valence-corrected chi connectivity index (χ3v) is 5.01. The van der Waals surface area contributed by atoms with Gasteiger partial charge in [0.1, 0.15) is 12.7 Å². The summed E-state index contributed by atoms with van der Waals surface area (Å²) in [6.45, 7) is 5.52. The fourth-order valence-corrected chi connectivity index (χ4v) is 3.42. The van der Waals surface area contributed by atoms with Crippen LogP contribution >= 0.6 is 24.0 Å². The van der Waals surface area contributed by atoms with Crippen molar-refractivity contribution in [2.75, 3.05) is 19.6 Å². The van der Waals surface area contributed by atoms with Gasteiger partial charge in [-0.25, -0.2) is 0 Å². The fraction of sp³-hybridized carbons (Fsp3) is 0.375. The monoisotopic (exact) mass is 532 g/mol. The number of nitrogens with zero attached hydrogens (tertiary/aromatic N) is 4. The Bertz CT molecular complexity index is 852. The molecule has 0 amide bonds. The second kappa shape index (κ2) is 14.6. The molecule has 3 rings (SSSR count). The highest BCUT2D eigenvalue weighted by molar-refractivity contribution is 14.0. The van der Waals surface area contributed by atoms with Gasteiger partial charge < -0.3 is 15.2 Å². The van der Waals surface area contributed by atoms with E-state index in [-0.39, 0.29) is 24.0 Å². The van der Waals surface area contributed by atoms with Gasteiger partial charge in [0.05, 0.1) is 0 Å². The number of nitrogens with one attached hydrogen (secondary N) is 2. The van der Waals surface area contributed by atoms with Crippen molar-refractivity contribution in [3.8, 4) is 0 Å². The molecule has 0 saturated heterocycles. The van der Waals surface area contributed by atoms with Crippen molar-refractivity contribution in [3.63, 3.8) is 0 Å². The number of rotatable bonds is 11. The molecule has 0 aliphatic carbocycles. The molecule has 6 nitrogen and oxygen atoms in total. The van der Waals surface area contributed by atoms with Crippen molar-refractivity contribution in [2.24, 2.45) is 4.99 Å². The van der Waals surface area contributed by atoms with Gasteiger partial charge in [-0.2, -0.15) is 0 Å². The molecule has 1 aromatic heterocycles. The molecule has 0 aliphatic heterocycles. The Kier molecular flexibility index (Phi) is 11.7. The molecule has 0 fully saturated rings. The Labute approximate surface area is 202 Å². The lowest BCUT2D eigenvalue weighted by molar-refractivity contribution is 0.597. The molecule has 0 aliphatic rings. The fourth-order valence-electron chi connectivity index (χ4n) is 3.42. The summed E-state index contributed by atoms with van der Waals surface area (Å²) in [5, 5.41) is 14.5. The van der Waals surface area contributed by atoms with Gasteiger partial charge in [0.2, 0.25) is 0 Å². The lowest BCUT2D eigenvalue weighted by Gasteiger charge is -2.17. The quantitative estimate of drug-likeness (QED) is 0.168. The second-order valence-corrected chi connectivity index (χ2v) is 7.35. The van der Waals surface area contributed by atoms with Gasteiger partial charge in [-0.3, -0.25) is 4.99 Å². The summed E-state index contributed by atoms with van der Waals surface area (Å²) in [5.41, 5.74) is 2.67. The molecule has 2 aromatic carbocycles. The number of aliphatic imine (C=N–C) groups is 1. The van der Waals surface area contributed by atoms with Crippen LogP contribution in [0.2, 0.25) is 0 Å². The first kappa shape index (κ1) is 24.8. The Morgan fingerprint density at radius 2 is 1.61 bits per heavy atom. The second-order valence-electron chi connectivity index (χ2n) is 7.35. The van der Waals surface area contributed by atoms with Crippen LogP contribution in [0.25, 0.3) is 0 Å². The van der Waals surface area contributed by atoms with E-state index in [2.05, 4.69) is 88.4 Å². The maximum absolute atomic E-state index is 4.90. The Hall–Kier alpha value is -2.42. The maximum Gasteiger partial charge on any atom is 0.191 e. The van der Waals surface area contributed by atoms with Crippen LogP contribution < -0.4 is 10.6 Å². The molecule has 166 valence electrons. The number of aryl methyl sites for hydroxylation is 1. The van der Waals surface area contributed by atoms with Crippen LogP contribution in [-0.2, 0) is 13.0 Å². The number of guanidine groups is 1. The average Bonchev–Trinajstić information content (AvgIpc) is 3.31. The lowest BCUT2D eigenvalue weighted by atomic mass is 9.92. The first-order chi connectivity index (χ1) is 14.8. The van der Waals surface area contributed by atoms with Crippen molar-refractivity contribution in [3.05, 3.63) is 84.4 Å². The largest absolute Gasteiger partial charge is 0.357 e. The van der Waals surface area contributed by atoms with Gasteiger partial charge >= 0.3 is 0 Å². The van der Waals surface area contributed by atoms with Crippen LogP contribution in [0.5, 0.6) is 0 Å². The van der Waals surface area contributed by atoms with Crippen LogP contribution in [0.4, 0.5) is 0 Å². The van der Waals surface area contributed by atoms with E-state index in [0.717, 1.165) is 51.4 Å². The van der Waals surface area contributed by atoms with E-state index >= 15 is 0 Å². The summed E-state index contributed by atoms with van der Waals surface area (Å²) in [7, 11) is 0. The lowest BCUT2D eigenvalue weighted by Crippen LogP contribution is -2.38. The molecule has 0 spiro atoms. The summed E-state index contributed by atoms with van der Waals surface area (Å²) in [6, 6.07) is 21.3. The van der Waals surface area contributed by atoms with Gasteiger partial charge in [0.25, 0.3) is 0 Å². The standard InChI is InChI=1S/C24H32N6.HI/c1-2-25-24(26-15-9-10-16-30-19-28-29-20-30)27-18-23(22-13-7-4-8-14-22)17-21-11-5-3-6-12-21;/h3-8,11-14,19-20,23H,2,9-10,15-18H2,1H3,(H2,25,26,27);1H. The smallest absolute Gasteiger partial charge is 0.191 e. The predicted octanol–water partition coefficient (Wildman–Crippen LogP) is 4.26. The van der Waals surface area contributed by atoms with E-state index in [1.54, 1.807) is 12.7 Å². The molecule has 2 N–H and O–H groups in total. The summed E-state index contributed by atoms with van der Waals surface area (Å²) in [6.07, 6.45) is 6.64. The van der Waals surface area contributed by atoms with E-state index < -0.39 is 0 Å². The Morgan fingerprint density at radius 3 is 2.29 bits per heavy atom. The molecule has 1 heterocycles. The molecule has 31 heavy (non-hydrogen) atoms. The van der Waals surface area contributed by atoms with Crippen LogP contribution in [0.15, 0.2) is 78.3 Å². The van der Waals surface area contributed by atoms with Gasteiger partial charge in [-0.05, 0) is 37.3 Å². The maximum atomic E-state index is 4.90. The van der Waals surface area contributed by atoms with Crippen LogP contribution in [0.3, 0.4) is 0 Å². The van der Waals surface area contributed by atoms with E-state index in [4.69, 9.17) is 4.99 Å². The minimum absolute atomic E-state index is 0. The molecule has 0 saturated carbocycles. The van der Waals surface area contributed by atoms with E-state index in [9.17, 15) is 0 Å². The van der Waals surface area contributed by atoms with Crippen LogP contribution in [0.1, 0.15) is 36.8 Å². The third kappa shape index (κ3) is 9.08. The number of halogens is 1. The molecular formula is C24H33IN6. The van der Waals surface area contributed by atoms with Gasteiger partial charge in [0, 0.05) is 32.1 Å². The number of hydrogen-bond donors (Lipinski definition) is 2. The molecule has 0 radical (unpaired) electrons. The SMILES string of the molecule is CCNC(=NCC(Cc1ccccc1)c1ccccc1)NCCCCn1cnnc1.I. The summed E-state index contributed by atoms with van der Waals surface area (Å²) < 4.78 is 2.01. The zero-order chi connectivity index (χ0) is 20.9. The van der Waals surface area contributed by atoms with Gasteiger partial charge in [-0.15, -0.1) is 34.2 Å². The number of unbranched alkanes of at least 4 members (excludes halogenated alkanes) is 1. The van der Waals surface area contributed by atoms with Crippen molar-refractivity contribution in [1.82, 2.24) is 25.4 Å². The zero-order valence-corrected chi connectivity index (χ0v) is 20.5. The third-order valence-electron chi connectivity index (χ3n) is 5.01. The molecular weight excluding hydrogens is 499 g/mol. The highest BCUT2D eigenvalue weighted by atomic mass is 127. The van der Waals surface area contributed by atoms with Crippen molar-refractivity contribution >= 4 is 29.9 Å². The molecule has 7 heteroatoms. The van der Waals surface area contributed by atoms with Crippen molar-refractivity contribution < 1.29 is 0 Å². The number of aromatic nitrogens is 3. The number of hydrogen-bond acceptors (Lipinski definition) is 3. The van der Waals surface area contributed by atoms with Crippen molar-refractivity contribution in [1.29, 1.82) is 0 Å². The summed E-state index contributed by atoms with van der Waals surface area (Å²) >= 11 is 0. The molecule has 1 unspecified atom stereocenters. The Balaban J connectivity index is 0.00000341. The van der Waals surface area contributed by atoms with E-state index in [1.165, 1.54) is 11.1 Å². The first-order valence-electron chi connectivity index (χ1n) is 10.8. The number of benzene rings is 2. The van der Waals surface area contributed by atoms with E-state index in [1.807, 2.05) is 4.57 Å². The Morgan fingerprint density at radius 1 is 0.935 bits per heavy atom. The highest BCUT2D eigenvalue weighted by Gasteiger charge is 2.12. The average molecular weight is 532 g/mol.